The first-order chi connectivity index (χ1) is 8.08. The molecule has 1 aliphatic rings. The van der Waals surface area contributed by atoms with Gasteiger partial charge in [0.05, 0.1) is 5.92 Å². The Morgan fingerprint density at radius 1 is 1.47 bits per heavy atom. The van der Waals surface area contributed by atoms with E-state index in [-0.39, 0.29) is 11.8 Å². The Hall–Kier alpha value is -1.55. The first-order valence-electron chi connectivity index (χ1n) is 5.87. The third kappa shape index (κ3) is 2.58. The van der Waals surface area contributed by atoms with Crippen LogP contribution in [0.1, 0.15) is 23.5 Å². The molecule has 0 aromatic heterocycles. The second kappa shape index (κ2) is 4.75. The molecule has 1 fully saturated rings. The molecule has 0 spiro atoms. The van der Waals surface area contributed by atoms with Crippen LogP contribution in [0.4, 0.5) is 5.69 Å². The van der Waals surface area contributed by atoms with Crippen LogP contribution in [0.3, 0.4) is 0 Å². The summed E-state index contributed by atoms with van der Waals surface area (Å²) >= 11 is 0. The maximum absolute atomic E-state index is 11.0. The first kappa shape index (κ1) is 11.9. The van der Waals surface area contributed by atoms with Crippen molar-refractivity contribution >= 4 is 11.7 Å². The van der Waals surface area contributed by atoms with Gasteiger partial charge in [-0.15, -0.1) is 0 Å². The van der Waals surface area contributed by atoms with Gasteiger partial charge >= 0.3 is 5.97 Å². The van der Waals surface area contributed by atoms with E-state index in [4.69, 9.17) is 10.8 Å². The fourth-order valence-corrected chi connectivity index (χ4v) is 2.47. The molecule has 1 heterocycles. The zero-order valence-corrected chi connectivity index (χ0v) is 9.94. The van der Waals surface area contributed by atoms with Crippen molar-refractivity contribution in [2.24, 2.45) is 5.92 Å². The molecule has 2 rings (SSSR count). The number of nitrogen functional groups attached to an aromatic ring is 1. The van der Waals surface area contributed by atoms with Crippen LogP contribution in [-0.2, 0) is 4.79 Å². The highest BCUT2D eigenvalue weighted by atomic mass is 16.4. The lowest BCUT2D eigenvalue weighted by molar-refractivity contribution is -0.142. The van der Waals surface area contributed by atoms with Gasteiger partial charge in [-0.2, -0.15) is 0 Å². The van der Waals surface area contributed by atoms with E-state index in [2.05, 4.69) is 5.32 Å². The summed E-state index contributed by atoms with van der Waals surface area (Å²) in [6.45, 7) is 3.43. The van der Waals surface area contributed by atoms with Crippen LogP contribution in [0.2, 0.25) is 0 Å². The largest absolute Gasteiger partial charge is 0.481 e. The zero-order chi connectivity index (χ0) is 12.4. The molecule has 0 aliphatic carbocycles. The van der Waals surface area contributed by atoms with Gasteiger partial charge in [0.1, 0.15) is 0 Å². The number of carbonyl (C=O) groups is 1. The topological polar surface area (TPSA) is 75.3 Å². The van der Waals surface area contributed by atoms with Gasteiger partial charge in [0.25, 0.3) is 0 Å². The summed E-state index contributed by atoms with van der Waals surface area (Å²) in [5, 5.41) is 12.3. The van der Waals surface area contributed by atoms with Gasteiger partial charge in [-0.05, 0) is 42.5 Å². The normalized spacial score (nSPS) is 24.5. The molecular formula is C13H18N2O2. The highest BCUT2D eigenvalue weighted by Gasteiger charge is 2.28. The number of rotatable bonds is 2. The Balaban J connectivity index is 2.21. The van der Waals surface area contributed by atoms with E-state index in [1.165, 1.54) is 11.1 Å². The molecule has 2 atom stereocenters. The monoisotopic (exact) mass is 234 g/mol. The highest BCUT2D eigenvalue weighted by Crippen LogP contribution is 2.30. The van der Waals surface area contributed by atoms with Crippen LogP contribution in [0, 0.1) is 12.8 Å². The molecule has 92 valence electrons. The zero-order valence-electron chi connectivity index (χ0n) is 9.94. The van der Waals surface area contributed by atoms with Crippen LogP contribution >= 0.6 is 0 Å². The average Bonchev–Trinajstić information content (AvgIpc) is 2.32. The maximum Gasteiger partial charge on any atom is 0.307 e. The van der Waals surface area contributed by atoms with E-state index in [0.717, 1.165) is 12.2 Å². The summed E-state index contributed by atoms with van der Waals surface area (Å²) < 4.78 is 0. The Bertz CT molecular complexity index is 431. The van der Waals surface area contributed by atoms with Crippen molar-refractivity contribution < 1.29 is 9.90 Å². The molecule has 2 unspecified atom stereocenters. The lowest BCUT2D eigenvalue weighted by Gasteiger charge is -2.29. The predicted octanol–water partition coefficient (Wildman–Crippen LogP) is 1.35. The lowest BCUT2D eigenvalue weighted by Crippen LogP contribution is -2.38. The molecule has 17 heavy (non-hydrogen) atoms. The summed E-state index contributed by atoms with van der Waals surface area (Å²) in [5.41, 5.74) is 8.88. The molecule has 0 radical (unpaired) electrons. The fourth-order valence-electron chi connectivity index (χ4n) is 2.47. The molecule has 4 N–H and O–H groups in total. The number of piperidine rings is 1. The molecule has 0 amide bonds. The summed E-state index contributed by atoms with van der Waals surface area (Å²) in [4.78, 5) is 11.0. The van der Waals surface area contributed by atoms with Crippen molar-refractivity contribution in [2.45, 2.75) is 19.3 Å². The van der Waals surface area contributed by atoms with Crippen molar-refractivity contribution in [2.75, 3.05) is 18.8 Å². The van der Waals surface area contributed by atoms with Crippen LogP contribution in [-0.4, -0.2) is 24.2 Å². The van der Waals surface area contributed by atoms with Crippen LogP contribution in [0.15, 0.2) is 18.2 Å². The summed E-state index contributed by atoms with van der Waals surface area (Å²) in [6.07, 6.45) is 0.687. The standard InChI is InChI=1S/C13H18N2O2/c1-8-2-3-11(14)5-12(8)9-4-10(13(16)17)7-15-6-9/h2-3,5,9-10,15H,4,6-7,14H2,1H3,(H,16,17). The summed E-state index contributed by atoms with van der Waals surface area (Å²) in [5.74, 6) is -0.772. The van der Waals surface area contributed by atoms with Crippen molar-refractivity contribution in [3.8, 4) is 0 Å². The van der Waals surface area contributed by atoms with E-state index in [9.17, 15) is 4.79 Å². The number of carboxylic acid groups (broad SMARTS) is 1. The average molecular weight is 234 g/mol. The second-order valence-corrected chi connectivity index (χ2v) is 4.74. The number of nitrogens with two attached hydrogens (primary N) is 1. The highest BCUT2D eigenvalue weighted by molar-refractivity contribution is 5.70. The van der Waals surface area contributed by atoms with Crippen molar-refractivity contribution in [3.05, 3.63) is 29.3 Å². The third-order valence-corrected chi connectivity index (χ3v) is 3.44. The smallest absolute Gasteiger partial charge is 0.307 e. The molecule has 1 saturated heterocycles. The molecule has 1 aliphatic heterocycles. The number of nitrogens with one attached hydrogen (secondary N) is 1. The Morgan fingerprint density at radius 3 is 2.94 bits per heavy atom. The number of carboxylic acids is 1. The molecule has 1 aromatic rings. The molecular weight excluding hydrogens is 216 g/mol. The third-order valence-electron chi connectivity index (χ3n) is 3.44. The van der Waals surface area contributed by atoms with E-state index in [1.807, 2.05) is 25.1 Å². The number of aryl methyl sites for hydroxylation is 1. The molecule has 4 heteroatoms. The molecule has 0 bridgehead atoms. The number of hydrogen-bond donors (Lipinski definition) is 3. The van der Waals surface area contributed by atoms with Gasteiger partial charge in [-0.1, -0.05) is 6.07 Å². The minimum absolute atomic E-state index is 0.244. The summed E-state index contributed by atoms with van der Waals surface area (Å²) in [6, 6.07) is 5.84. The molecule has 4 nitrogen and oxygen atoms in total. The first-order valence-corrected chi connectivity index (χ1v) is 5.87. The Morgan fingerprint density at radius 2 is 2.24 bits per heavy atom. The fraction of sp³-hybridized carbons (Fsp3) is 0.462. The van der Waals surface area contributed by atoms with Crippen LogP contribution in [0.25, 0.3) is 0 Å². The van der Waals surface area contributed by atoms with Crippen LogP contribution < -0.4 is 11.1 Å². The van der Waals surface area contributed by atoms with Crippen molar-refractivity contribution in [1.82, 2.24) is 5.32 Å². The van der Waals surface area contributed by atoms with Crippen molar-refractivity contribution in [3.63, 3.8) is 0 Å². The minimum atomic E-state index is -0.719. The van der Waals surface area contributed by atoms with Gasteiger partial charge in [0.15, 0.2) is 0 Å². The van der Waals surface area contributed by atoms with E-state index in [0.29, 0.717) is 13.0 Å². The Kier molecular flexibility index (Phi) is 3.33. The molecule has 0 saturated carbocycles. The van der Waals surface area contributed by atoms with Crippen LogP contribution in [0.5, 0.6) is 0 Å². The van der Waals surface area contributed by atoms with Crippen molar-refractivity contribution in [1.29, 1.82) is 0 Å². The quantitative estimate of drug-likeness (QED) is 0.675. The van der Waals surface area contributed by atoms with Gasteiger partial charge in [0, 0.05) is 18.8 Å². The molecule has 1 aromatic carbocycles. The summed E-state index contributed by atoms with van der Waals surface area (Å²) in [7, 11) is 0. The maximum atomic E-state index is 11.0. The van der Waals surface area contributed by atoms with Gasteiger partial charge < -0.3 is 16.2 Å². The minimum Gasteiger partial charge on any atom is -0.481 e. The number of hydrogen-bond acceptors (Lipinski definition) is 3. The number of anilines is 1. The van der Waals surface area contributed by atoms with E-state index in [1.54, 1.807) is 0 Å². The number of aliphatic carboxylic acids is 1. The Labute approximate surface area is 101 Å². The van der Waals surface area contributed by atoms with E-state index >= 15 is 0 Å². The SMILES string of the molecule is Cc1ccc(N)cc1C1CNCC(C(=O)O)C1. The van der Waals surface area contributed by atoms with Gasteiger partial charge in [0.2, 0.25) is 0 Å². The number of benzene rings is 1. The second-order valence-electron chi connectivity index (χ2n) is 4.74. The van der Waals surface area contributed by atoms with E-state index < -0.39 is 5.97 Å². The van der Waals surface area contributed by atoms with Gasteiger partial charge in [-0.25, -0.2) is 0 Å². The lowest BCUT2D eigenvalue weighted by atomic mass is 9.83. The van der Waals surface area contributed by atoms with Gasteiger partial charge in [-0.3, -0.25) is 4.79 Å². The predicted molar refractivity (Wildman–Crippen MR) is 66.9 cm³/mol.